The second-order valence-electron chi connectivity index (χ2n) is 17.7. The summed E-state index contributed by atoms with van der Waals surface area (Å²) in [5, 5.41) is 11.7. The number of fused-ring (bicyclic) bond motifs is 14. The lowest BCUT2D eigenvalue weighted by atomic mass is 9.95. The van der Waals surface area contributed by atoms with E-state index >= 15 is 0 Å². The first-order chi connectivity index (χ1) is 33.7. The maximum absolute atomic E-state index is 6.30. The molecule has 0 amide bonds. The van der Waals surface area contributed by atoms with Crippen LogP contribution in [0.4, 0.5) is 0 Å². The molecule has 15 aromatic rings. The quantitative estimate of drug-likeness (QED) is 0.173. The standard InChI is InChI=1S/C62H36N4OS/c1-3-16-39(17-4-1)56-36-50-61(68-56)59(40-18-5-2-6-19-40)64-62(63-50)66-51-31-28-41(34-48(51)47-30-26-38-15-8-10-21-45(38)60(47)66)44-23-13-24-52-58(44)57-43-20-9-7-14-37(43)27-32-53(57)65(52)42-29-33-55-49(35-42)46-22-11-12-25-54(46)67-55/h1-36H. The summed E-state index contributed by atoms with van der Waals surface area (Å²) in [7, 11) is 0. The zero-order valence-electron chi connectivity index (χ0n) is 36.4. The van der Waals surface area contributed by atoms with Crippen molar-refractivity contribution < 1.29 is 4.42 Å². The first-order valence-electron chi connectivity index (χ1n) is 23.0. The monoisotopic (exact) mass is 884 g/mol. The molecule has 0 N–H and O–H groups in total. The molecule has 15 rings (SSSR count). The van der Waals surface area contributed by atoms with E-state index in [9.17, 15) is 0 Å². The number of aromatic nitrogens is 4. The molecule has 0 aliphatic rings. The number of nitrogens with zero attached hydrogens (tertiary/aromatic N) is 4. The van der Waals surface area contributed by atoms with Gasteiger partial charge >= 0.3 is 0 Å². The minimum absolute atomic E-state index is 0.650. The molecule has 68 heavy (non-hydrogen) atoms. The van der Waals surface area contributed by atoms with Crippen molar-refractivity contribution in [1.82, 2.24) is 19.1 Å². The summed E-state index contributed by atoms with van der Waals surface area (Å²) in [6.45, 7) is 0. The Labute approximate surface area is 393 Å². The minimum atomic E-state index is 0.650. The largest absolute Gasteiger partial charge is 0.456 e. The minimum Gasteiger partial charge on any atom is -0.456 e. The van der Waals surface area contributed by atoms with Crippen LogP contribution in [-0.2, 0) is 0 Å². The van der Waals surface area contributed by atoms with E-state index in [1.807, 2.05) is 12.1 Å². The van der Waals surface area contributed by atoms with E-state index in [2.05, 4.69) is 215 Å². The Kier molecular flexibility index (Phi) is 7.88. The summed E-state index contributed by atoms with van der Waals surface area (Å²) in [5.41, 5.74) is 13.7. The Hall–Kier alpha value is -8.84. The number of furan rings is 1. The van der Waals surface area contributed by atoms with E-state index in [1.165, 1.54) is 42.9 Å². The fourth-order valence-corrected chi connectivity index (χ4v) is 12.0. The lowest BCUT2D eigenvalue weighted by molar-refractivity contribution is 0.669. The molecule has 0 bridgehead atoms. The maximum atomic E-state index is 6.30. The fourth-order valence-electron chi connectivity index (χ4n) is 10.9. The smallest absolute Gasteiger partial charge is 0.235 e. The zero-order valence-corrected chi connectivity index (χ0v) is 37.2. The second kappa shape index (κ2) is 14.3. The van der Waals surface area contributed by atoms with Gasteiger partial charge in [0, 0.05) is 53.8 Å². The summed E-state index contributed by atoms with van der Waals surface area (Å²) in [6.07, 6.45) is 0. The van der Waals surface area contributed by atoms with Gasteiger partial charge in [-0.05, 0) is 87.4 Å². The third-order valence-corrected chi connectivity index (χ3v) is 15.1. The predicted molar refractivity (Wildman–Crippen MR) is 285 cm³/mol. The van der Waals surface area contributed by atoms with Crippen LogP contribution in [0.25, 0.3) is 142 Å². The Morgan fingerprint density at radius 2 is 1.09 bits per heavy atom. The highest BCUT2D eigenvalue weighted by Crippen LogP contribution is 2.46. The van der Waals surface area contributed by atoms with Gasteiger partial charge in [-0.15, -0.1) is 11.3 Å². The molecule has 0 saturated heterocycles. The molecule has 0 atom stereocenters. The highest BCUT2D eigenvalue weighted by Gasteiger charge is 2.24. The van der Waals surface area contributed by atoms with Gasteiger partial charge in [0.1, 0.15) is 11.2 Å². The third kappa shape index (κ3) is 5.43. The van der Waals surface area contributed by atoms with Crippen molar-refractivity contribution in [1.29, 1.82) is 0 Å². The van der Waals surface area contributed by atoms with Crippen LogP contribution in [0.1, 0.15) is 0 Å². The van der Waals surface area contributed by atoms with E-state index in [0.29, 0.717) is 5.95 Å². The van der Waals surface area contributed by atoms with Crippen molar-refractivity contribution in [3.05, 3.63) is 218 Å². The van der Waals surface area contributed by atoms with E-state index in [0.717, 1.165) is 92.9 Å². The van der Waals surface area contributed by atoms with E-state index in [-0.39, 0.29) is 0 Å². The van der Waals surface area contributed by atoms with Gasteiger partial charge in [0.2, 0.25) is 5.95 Å². The zero-order chi connectivity index (χ0) is 44.5. The van der Waals surface area contributed by atoms with Crippen LogP contribution in [0.5, 0.6) is 0 Å². The van der Waals surface area contributed by atoms with Gasteiger partial charge < -0.3 is 8.98 Å². The number of para-hydroxylation sites is 1. The average molecular weight is 885 g/mol. The van der Waals surface area contributed by atoms with Gasteiger partial charge in [-0.3, -0.25) is 4.57 Å². The molecule has 10 aromatic carbocycles. The summed E-state index contributed by atoms with van der Waals surface area (Å²) in [5.74, 6) is 0.650. The van der Waals surface area contributed by atoms with Crippen LogP contribution in [-0.4, -0.2) is 19.1 Å². The molecular weight excluding hydrogens is 849 g/mol. The molecule has 0 spiro atoms. The van der Waals surface area contributed by atoms with Crippen molar-refractivity contribution >= 4 is 109 Å². The Morgan fingerprint density at radius 3 is 1.94 bits per heavy atom. The lowest BCUT2D eigenvalue weighted by Gasteiger charge is -2.11. The van der Waals surface area contributed by atoms with Gasteiger partial charge in [0.05, 0.1) is 38.0 Å². The molecular formula is C62H36N4OS. The average Bonchev–Trinajstić information content (AvgIpc) is 4.18. The first-order valence-corrected chi connectivity index (χ1v) is 23.8. The van der Waals surface area contributed by atoms with Crippen LogP contribution in [0.15, 0.2) is 223 Å². The van der Waals surface area contributed by atoms with Crippen LogP contribution >= 0.6 is 11.3 Å². The van der Waals surface area contributed by atoms with Crippen molar-refractivity contribution in [2.75, 3.05) is 0 Å². The molecule has 0 radical (unpaired) electrons. The van der Waals surface area contributed by atoms with Crippen LogP contribution in [0.3, 0.4) is 0 Å². The second-order valence-corrected chi connectivity index (χ2v) is 18.7. The Bertz CT molecular complexity index is 4560. The highest BCUT2D eigenvalue weighted by molar-refractivity contribution is 7.22. The van der Waals surface area contributed by atoms with Gasteiger partial charge in [-0.2, -0.15) is 0 Å². The normalized spacial score (nSPS) is 12.1. The molecule has 0 aliphatic heterocycles. The fraction of sp³-hybridized carbons (Fsp3) is 0. The molecule has 316 valence electrons. The SMILES string of the molecule is c1ccc(-c2cc3nc(-n4c5ccc(-c6cccc7c6c6c8ccccc8ccc6n7-c6ccc7oc8ccccc8c7c6)cc5c5ccc6ccccc6c54)nc(-c4ccccc4)c3s2)cc1. The Balaban J connectivity index is 1.00. The lowest BCUT2D eigenvalue weighted by Crippen LogP contribution is -2.03. The van der Waals surface area contributed by atoms with Gasteiger partial charge in [-0.25, -0.2) is 9.97 Å². The molecule has 0 saturated carbocycles. The Morgan fingerprint density at radius 1 is 0.397 bits per heavy atom. The molecule has 0 fully saturated rings. The number of thiophene rings is 1. The third-order valence-electron chi connectivity index (χ3n) is 13.9. The van der Waals surface area contributed by atoms with Crippen molar-refractivity contribution in [3.8, 4) is 44.5 Å². The number of rotatable bonds is 5. The van der Waals surface area contributed by atoms with Crippen LogP contribution < -0.4 is 0 Å². The van der Waals surface area contributed by atoms with Gasteiger partial charge in [0.15, 0.2) is 0 Å². The van der Waals surface area contributed by atoms with Crippen molar-refractivity contribution in [3.63, 3.8) is 0 Å². The van der Waals surface area contributed by atoms with Crippen molar-refractivity contribution in [2.24, 2.45) is 0 Å². The first kappa shape index (κ1) is 37.4. The van der Waals surface area contributed by atoms with E-state index < -0.39 is 0 Å². The predicted octanol–water partition coefficient (Wildman–Crippen LogP) is 17.1. The summed E-state index contributed by atoms with van der Waals surface area (Å²) in [4.78, 5) is 12.2. The summed E-state index contributed by atoms with van der Waals surface area (Å²) >= 11 is 1.75. The number of benzene rings is 10. The van der Waals surface area contributed by atoms with E-state index in [4.69, 9.17) is 14.4 Å². The topological polar surface area (TPSA) is 48.8 Å². The van der Waals surface area contributed by atoms with E-state index in [1.54, 1.807) is 11.3 Å². The number of hydrogen-bond donors (Lipinski definition) is 0. The molecule has 0 aliphatic carbocycles. The van der Waals surface area contributed by atoms with Gasteiger partial charge in [-0.1, -0.05) is 164 Å². The molecule has 5 nitrogen and oxygen atoms in total. The highest BCUT2D eigenvalue weighted by atomic mass is 32.1. The summed E-state index contributed by atoms with van der Waals surface area (Å²) in [6, 6.07) is 78.5. The van der Waals surface area contributed by atoms with Crippen molar-refractivity contribution in [2.45, 2.75) is 0 Å². The molecule has 6 heteroatoms. The molecule has 5 aromatic heterocycles. The van der Waals surface area contributed by atoms with Gasteiger partial charge in [0.25, 0.3) is 0 Å². The number of hydrogen-bond acceptors (Lipinski definition) is 4. The molecule has 0 unspecified atom stereocenters. The maximum Gasteiger partial charge on any atom is 0.235 e. The summed E-state index contributed by atoms with van der Waals surface area (Å²) < 4.78 is 12.1. The molecule has 5 heterocycles. The van der Waals surface area contributed by atoms with Crippen LogP contribution in [0, 0.1) is 0 Å². The van der Waals surface area contributed by atoms with Crippen LogP contribution in [0.2, 0.25) is 0 Å².